The molecule has 3 aromatic rings. The number of aliphatic hydroxyl groups is 1. The molecule has 2 aromatic heterocycles. The molecule has 9 nitrogen and oxygen atoms in total. The van der Waals surface area contributed by atoms with Gasteiger partial charge in [-0.2, -0.15) is 0 Å². The molecular weight excluding hydrogens is 540 g/mol. The normalized spacial score (nSPS) is 25.6. The molecule has 0 radical (unpaired) electrons. The monoisotopic (exact) mass is 581 g/mol. The van der Waals surface area contributed by atoms with Crippen LogP contribution >= 0.6 is 0 Å². The predicted octanol–water partition coefficient (Wildman–Crippen LogP) is 4.69. The van der Waals surface area contributed by atoms with Crippen molar-refractivity contribution in [3.05, 3.63) is 41.9 Å². The fraction of sp³-hybridized carbons (Fsp3) is 0.613. The van der Waals surface area contributed by atoms with E-state index in [0.29, 0.717) is 28.9 Å². The highest BCUT2D eigenvalue weighted by Crippen LogP contribution is 2.38. The number of halogens is 2. The number of rotatable bonds is 7. The molecule has 1 aromatic carbocycles. The first-order chi connectivity index (χ1) is 20.4. The standard InChI is InChI=1S/C31H41F2N7O2/c1-38-13-15-39(16-14-38)30(42)22-9-5-20(6-10-22)17-27-34-18-26-29(36-27)40(23-11-7-21(19-41)8-12-23)31(35-26)37-28-24(32)3-2-4-25(28)33/h2-4,18,20-23,41H,5-17,19H2,1H3,(H,35,37). The molecule has 3 aliphatic rings. The lowest BCUT2D eigenvalue weighted by atomic mass is 9.79. The molecule has 2 aliphatic carbocycles. The van der Waals surface area contributed by atoms with Gasteiger partial charge in [0.1, 0.15) is 28.7 Å². The van der Waals surface area contributed by atoms with Crippen LogP contribution < -0.4 is 5.32 Å². The fourth-order valence-electron chi connectivity index (χ4n) is 6.93. The Morgan fingerprint density at radius 3 is 2.29 bits per heavy atom. The van der Waals surface area contributed by atoms with E-state index in [-0.39, 0.29) is 30.2 Å². The number of imidazole rings is 1. The number of carbonyl (C=O) groups is 1. The van der Waals surface area contributed by atoms with Crippen LogP contribution in [0.3, 0.4) is 0 Å². The summed E-state index contributed by atoms with van der Waals surface area (Å²) in [5.74, 6) is 0.778. The number of fused-ring (bicyclic) bond motifs is 1. The minimum Gasteiger partial charge on any atom is -0.396 e. The third kappa shape index (κ3) is 6.13. The Bertz CT molecular complexity index is 1370. The third-order valence-corrected chi connectivity index (χ3v) is 9.60. The highest BCUT2D eigenvalue weighted by molar-refractivity contribution is 5.79. The summed E-state index contributed by atoms with van der Waals surface area (Å²) in [5.41, 5.74) is 0.989. The number of nitrogens with one attached hydrogen (secondary N) is 1. The highest BCUT2D eigenvalue weighted by atomic mass is 19.1. The largest absolute Gasteiger partial charge is 0.396 e. The number of hydrogen-bond donors (Lipinski definition) is 2. The van der Waals surface area contributed by atoms with Gasteiger partial charge in [-0.05, 0) is 82.4 Å². The average Bonchev–Trinajstić information content (AvgIpc) is 3.37. The van der Waals surface area contributed by atoms with Crippen LogP contribution in [0.5, 0.6) is 0 Å². The van der Waals surface area contributed by atoms with Gasteiger partial charge in [0.05, 0.1) is 6.20 Å². The molecule has 1 saturated heterocycles. The van der Waals surface area contributed by atoms with Crippen molar-refractivity contribution in [2.75, 3.05) is 45.2 Å². The molecule has 3 heterocycles. The van der Waals surface area contributed by atoms with E-state index in [2.05, 4.69) is 27.2 Å². The summed E-state index contributed by atoms with van der Waals surface area (Å²) in [6.45, 7) is 3.68. The highest BCUT2D eigenvalue weighted by Gasteiger charge is 2.32. The molecule has 226 valence electrons. The number of benzene rings is 1. The van der Waals surface area contributed by atoms with Gasteiger partial charge in [-0.15, -0.1) is 0 Å². The maximum atomic E-state index is 14.6. The van der Waals surface area contributed by atoms with Crippen molar-refractivity contribution >= 4 is 28.7 Å². The lowest BCUT2D eigenvalue weighted by molar-refractivity contribution is -0.138. The summed E-state index contributed by atoms with van der Waals surface area (Å²) in [6, 6.07) is 3.81. The first kappa shape index (κ1) is 28.9. The van der Waals surface area contributed by atoms with E-state index in [9.17, 15) is 18.7 Å². The topological polar surface area (TPSA) is 99.4 Å². The number of nitrogens with zero attached hydrogens (tertiary/aromatic N) is 6. The number of aliphatic hydroxyl groups excluding tert-OH is 1. The number of amides is 1. The Hall–Kier alpha value is -3.18. The van der Waals surface area contributed by atoms with Crippen LogP contribution in [0.1, 0.15) is 63.2 Å². The average molecular weight is 582 g/mol. The smallest absolute Gasteiger partial charge is 0.225 e. The Balaban J connectivity index is 1.19. The van der Waals surface area contributed by atoms with E-state index in [1.54, 1.807) is 6.20 Å². The zero-order valence-electron chi connectivity index (χ0n) is 24.3. The third-order valence-electron chi connectivity index (χ3n) is 9.60. The number of hydrogen-bond acceptors (Lipinski definition) is 7. The molecule has 0 unspecified atom stereocenters. The van der Waals surface area contributed by atoms with Crippen LogP contribution in [0.2, 0.25) is 0 Å². The molecule has 2 saturated carbocycles. The van der Waals surface area contributed by atoms with Crippen LogP contribution in [0.15, 0.2) is 24.4 Å². The summed E-state index contributed by atoms with van der Waals surface area (Å²) >= 11 is 0. The van der Waals surface area contributed by atoms with Gasteiger partial charge in [0, 0.05) is 51.2 Å². The molecule has 1 amide bonds. The maximum Gasteiger partial charge on any atom is 0.225 e. The van der Waals surface area contributed by atoms with Crippen molar-refractivity contribution in [3.63, 3.8) is 0 Å². The maximum absolute atomic E-state index is 14.6. The molecule has 0 bridgehead atoms. The van der Waals surface area contributed by atoms with E-state index < -0.39 is 11.6 Å². The van der Waals surface area contributed by atoms with Crippen LogP contribution in [0, 0.1) is 29.4 Å². The molecule has 42 heavy (non-hydrogen) atoms. The number of piperazine rings is 1. The second-order valence-electron chi connectivity index (χ2n) is 12.4. The SMILES string of the molecule is CN1CCN(C(=O)C2CCC(Cc3ncc4nc(Nc5c(F)cccc5F)n(C5CCC(CO)CC5)c4n3)CC2)CC1. The Morgan fingerprint density at radius 2 is 1.62 bits per heavy atom. The summed E-state index contributed by atoms with van der Waals surface area (Å²) < 4.78 is 31.1. The number of anilines is 2. The van der Waals surface area contributed by atoms with E-state index in [1.807, 2.05) is 9.47 Å². The van der Waals surface area contributed by atoms with Gasteiger partial charge in [-0.3, -0.25) is 9.36 Å². The van der Waals surface area contributed by atoms with Gasteiger partial charge in [0.2, 0.25) is 11.9 Å². The van der Waals surface area contributed by atoms with Gasteiger partial charge >= 0.3 is 0 Å². The summed E-state index contributed by atoms with van der Waals surface area (Å²) in [4.78, 5) is 31.6. The Morgan fingerprint density at radius 1 is 0.952 bits per heavy atom. The molecule has 0 spiro atoms. The van der Waals surface area contributed by atoms with E-state index in [1.165, 1.54) is 18.2 Å². The first-order valence-corrected chi connectivity index (χ1v) is 15.4. The predicted molar refractivity (Wildman–Crippen MR) is 156 cm³/mol. The van der Waals surface area contributed by atoms with Crippen LogP contribution in [-0.4, -0.2) is 80.2 Å². The van der Waals surface area contributed by atoms with Gasteiger partial charge in [-0.25, -0.2) is 23.7 Å². The fourth-order valence-corrected chi connectivity index (χ4v) is 6.93. The molecule has 0 atom stereocenters. The lowest BCUT2D eigenvalue weighted by Gasteiger charge is -2.36. The second kappa shape index (κ2) is 12.6. The van der Waals surface area contributed by atoms with Crippen molar-refractivity contribution in [3.8, 4) is 0 Å². The van der Waals surface area contributed by atoms with Gasteiger partial charge in [-0.1, -0.05) is 6.07 Å². The van der Waals surface area contributed by atoms with Crippen molar-refractivity contribution in [1.82, 2.24) is 29.3 Å². The van der Waals surface area contributed by atoms with Gasteiger partial charge in [0.25, 0.3) is 0 Å². The number of carbonyl (C=O) groups excluding carboxylic acids is 1. The summed E-state index contributed by atoms with van der Waals surface area (Å²) in [5, 5.41) is 12.6. The molecule has 1 aliphatic heterocycles. The van der Waals surface area contributed by atoms with Crippen LogP contribution in [0.25, 0.3) is 11.2 Å². The van der Waals surface area contributed by atoms with Crippen molar-refractivity contribution in [2.24, 2.45) is 17.8 Å². The van der Waals surface area contributed by atoms with E-state index in [4.69, 9.17) is 4.98 Å². The van der Waals surface area contributed by atoms with Crippen molar-refractivity contribution in [1.29, 1.82) is 0 Å². The number of para-hydroxylation sites is 1. The van der Waals surface area contributed by atoms with Crippen molar-refractivity contribution < 1.29 is 18.7 Å². The van der Waals surface area contributed by atoms with Crippen molar-refractivity contribution in [2.45, 2.75) is 63.8 Å². The number of likely N-dealkylation sites (N-methyl/N-ethyl adjacent to an activating group) is 1. The van der Waals surface area contributed by atoms with Crippen LogP contribution in [-0.2, 0) is 11.2 Å². The quantitative estimate of drug-likeness (QED) is 0.418. The molecule has 3 fully saturated rings. The summed E-state index contributed by atoms with van der Waals surface area (Å²) in [7, 11) is 2.10. The minimum absolute atomic E-state index is 0.0360. The molecule has 2 N–H and O–H groups in total. The Kier molecular flexibility index (Phi) is 8.67. The van der Waals surface area contributed by atoms with Gasteiger partial charge in [0.15, 0.2) is 5.65 Å². The second-order valence-corrected chi connectivity index (χ2v) is 12.4. The zero-order chi connectivity index (χ0) is 29.2. The van der Waals surface area contributed by atoms with Crippen LogP contribution in [0.4, 0.5) is 20.4 Å². The van der Waals surface area contributed by atoms with E-state index in [0.717, 1.165) is 89.8 Å². The van der Waals surface area contributed by atoms with E-state index >= 15 is 0 Å². The summed E-state index contributed by atoms with van der Waals surface area (Å²) in [6.07, 6.45) is 9.51. The first-order valence-electron chi connectivity index (χ1n) is 15.4. The van der Waals surface area contributed by atoms with Gasteiger partial charge < -0.3 is 20.2 Å². The minimum atomic E-state index is -0.689. The Labute approximate surface area is 245 Å². The zero-order valence-corrected chi connectivity index (χ0v) is 24.3. The molecular formula is C31H41F2N7O2. The molecule has 6 rings (SSSR count). The number of aromatic nitrogens is 4. The lowest BCUT2D eigenvalue weighted by Crippen LogP contribution is -2.49. The molecule has 11 heteroatoms.